The summed E-state index contributed by atoms with van der Waals surface area (Å²) in [4.78, 5) is 42.6. The molecule has 6 rings (SSSR count). The van der Waals surface area contributed by atoms with Gasteiger partial charge in [0.05, 0.1) is 44.4 Å². The van der Waals surface area contributed by atoms with Gasteiger partial charge in [-0.2, -0.15) is 5.06 Å². The van der Waals surface area contributed by atoms with E-state index in [1.165, 1.54) is 5.06 Å². The van der Waals surface area contributed by atoms with Crippen LogP contribution in [0.2, 0.25) is 0 Å². The van der Waals surface area contributed by atoms with E-state index in [1.807, 2.05) is 39.6 Å². The van der Waals surface area contributed by atoms with Crippen LogP contribution in [0.3, 0.4) is 0 Å². The van der Waals surface area contributed by atoms with Gasteiger partial charge in [-0.05, 0) is 12.2 Å². The fourth-order valence-corrected chi connectivity index (χ4v) is 4.42. The van der Waals surface area contributed by atoms with Gasteiger partial charge in [-0.15, -0.1) is 6.58 Å². The lowest BCUT2D eigenvalue weighted by atomic mass is 10.2. The van der Waals surface area contributed by atoms with Crippen LogP contribution in [0, 0.1) is 0 Å². The summed E-state index contributed by atoms with van der Waals surface area (Å²) in [5, 5.41) is 1.42. The highest BCUT2D eigenvalue weighted by Crippen LogP contribution is 2.27. The van der Waals surface area contributed by atoms with E-state index in [0.29, 0.717) is 26.2 Å². The van der Waals surface area contributed by atoms with Gasteiger partial charge in [-0.25, -0.2) is 19.6 Å². The Kier molecular flexibility index (Phi) is 5.47. The van der Waals surface area contributed by atoms with Crippen LogP contribution in [-0.2, 0) is 4.84 Å². The second-order valence-corrected chi connectivity index (χ2v) is 8.24. The van der Waals surface area contributed by atoms with Crippen molar-refractivity contribution in [2.75, 3.05) is 39.8 Å². The number of hydroxylamine groups is 2. The van der Waals surface area contributed by atoms with E-state index in [2.05, 4.69) is 22.6 Å². The lowest BCUT2D eigenvalue weighted by Gasteiger charge is -2.21. The molecule has 4 amide bonds. The summed E-state index contributed by atoms with van der Waals surface area (Å²) in [5.74, 6) is 0. The molecule has 0 radical (unpaired) electrons. The molecule has 2 aromatic rings. The summed E-state index contributed by atoms with van der Waals surface area (Å²) in [6, 6.07) is 0.201. The molecule has 0 N–H and O–H groups in total. The monoisotopic (exact) mass is 450 g/mol. The summed E-state index contributed by atoms with van der Waals surface area (Å²) >= 11 is 0. The van der Waals surface area contributed by atoms with Crippen molar-refractivity contribution in [3.05, 3.63) is 62.2 Å². The van der Waals surface area contributed by atoms with Gasteiger partial charge >= 0.3 is 12.1 Å². The number of amides is 4. The molecular weight excluding hydrogens is 424 g/mol. The van der Waals surface area contributed by atoms with Gasteiger partial charge in [0.25, 0.3) is 0 Å². The van der Waals surface area contributed by atoms with E-state index in [0.717, 1.165) is 17.9 Å². The fourth-order valence-electron chi connectivity index (χ4n) is 4.42. The maximum atomic E-state index is 12.0. The molecule has 33 heavy (non-hydrogen) atoms. The molecule has 172 valence electrons. The lowest BCUT2D eigenvalue weighted by molar-refractivity contribution is -0.107. The molecule has 2 atom stereocenters. The number of carbonyl (C=O) groups excluding carboxylic acids is 2. The third kappa shape index (κ3) is 3.91. The fraction of sp³-hybridized carbons (Fsp3) is 0.364. The van der Waals surface area contributed by atoms with Crippen molar-refractivity contribution in [3.8, 4) is 0 Å². The highest BCUT2D eigenvalue weighted by molar-refractivity contribution is 5.81. The van der Waals surface area contributed by atoms with Crippen molar-refractivity contribution in [1.29, 1.82) is 0 Å². The number of likely N-dealkylation sites (N-methyl/N-ethyl adjacent to an activating group) is 1. The van der Waals surface area contributed by atoms with E-state index in [4.69, 9.17) is 4.84 Å². The van der Waals surface area contributed by atoms with E-state index in [9.17, 15) is 9.59 Å². The summed E-state index contributed by atoms with van der Waals surface area (Å²) in [6.07, 6.45) is 16.6. The topological polar surface area (TPSA) is 92.0 Å². The predicted molar refractivity (Wildman–Crippen MR) is 120 cm³/mol. The largest absolute Gasteiger partial charge is 0.345 e. The van der Waals surface area contributed by atoms with Crippen LogP contribution in [0.4, 0.5) is 9.59 Å². The van der Waals surface area contributed by atoms with Crippen molar-refractivity contribution in [2.45, 2.75) is 12.1 Å². The molecule has 0 spiro atoms. The van der Waals surface area contributed by atoms with Crippen molar-refractivity contribution < 1.29 is 14.4 Å². The molecule has 4 aliphatic heterocycles. The van der Waals surface area contributed by atoms with Crippen LogP contribution in [-0.4, -0.2) is 103 Å². The SMILES string of the molecule is C=CCON1C(=O)N2CC(n3ccnc3)=CC1C2.CN1C(=O)N2CC(n3ccnc3)=CC1C2. The lowest BCUT2D eigenvalue weighted by Crippen LogP contribution is -2.33. The zero-order valence-electron chi connectivity index (χ0n) is 18.4. The summed E-state index contributed by atoms with van der Waals surface area (Å²) in [6.45, 7) is 6.67. The van der Waals surface area contributed by atoms with Gasteiger partial charge < -0.3 is 23.8 Å². The second kappa shape index (κ2) is 8.58. The minimum atomic E-state index is -0.0896. The zero-order valence-corrected chi connectivity index (χ0v) is 18.4. The van der Waals surface area contributed by atoms with Gasteiger partial charge in [-0.1, -0.05) is 6.08 Å². The number of urea groups is 2. The molecule has 0 saturated carbocycles. The molecule has 4 bridgehead atoms. The molecule has 6 heterocycles. The molecule has 2 aromatic heterocycles. The molecule has 2 saturated heterocycles. The molecular formula is C22H26N8O3. The Morgan fingerprint density at radius 1 is 0.970 bits per heavy atom. The second-order valence-electron chi connectivity index (χ2n) is 8.24. The number of hydrogen-bond acceptors (Lipinski definition) is 5. The smallest absolute Gasteiger partial charge is 0.319 e. The Hall–Kier alpha value is -3.86. The quantitative estimate of drug-likeness (QED) is 0.643. The summed E-state index contributed by atoms with van der Waals surface area (Å²) in [7, 11) is 1.85. The average Bonchev–Trinajstić information content (AvgIpc) is 3.63. The normalized spacial score (nSPS) is 23.4. The van der Waals surface area contributed by atoms with E-state index < -0.39 is 0 Å². The molecule has 0 aromatic carbocycles. The Bertz CT molecular complexity index is 1090. The molecule has 2 unspecified atom stereocenters. The molecule has 2 fully saturated rings. The van der Waals surface area contributed by atoms with Crippen molar-refractivity contribution in [1.82, 2.24) is 38.9 Å². The Morgan fingerprint density at radius 2 is 1.55 bits per heavy atom. The Balaban J connectivity index is 0.000000140. The number of imidazole rings is 2. The van der Waals surface area contributed by atoms with Crippen molar-refractivity contribution in [3.63, 3.8) is 0 Å². The average molecular weight is 451 g/mol. The number of rotatable bonds is 5. The number of hydrogen-bond donors (Lipinski definition) is 0. The Labute approximate surface area is 191 Å². The first-order valence-electron chi connectivity index (χ1n) is 10.8. The summed E-state index contributed by atoms with van der Waals surface area (Å²) < 4.78 is 3.88. The van der Waals surface area contributed by atoms with E-state index in [1.54, 1.807) is 40.9 Å². The molecule has 11 heteroatoms. The van der Waals surface area contributed by atoms with Gasteiger partial charge in [-0.3, -0.25) is 4.84 Å². The first-order valence-corrected chi connectivity index (χ1v) is 10.8. The number of fused-ring (bicyclic) bond motifs is 4. The van der Waals surface area contributed by atoms with Crippen LogP contribution in [0.1, 0.15) is 0 Å². The van der Waals surface area contributed by atoms with Gasteiger partial charge in [0.15, 0.2) is 0 Å². The number of nitrogens with zero attached hydrogens (tertiary/aromatic N) is 8. The van der Waals surface area contributed by atoms with Crippen LogP contribution < -0.4 is 0 Å². The first-order chi connectivity index (χ1) is 16.0. The molecule has 4 aliphatic rings. The standard InChI is InChI=1S/C12H14N4O2.C10H12N4O/c1-2-5-18-16-11-6-10(14-4-3-13-9-14)7-15(8-11)12(16)17;1-12-8-4-9(13-3-2-11-7-13)6-14(5-8)10(12)15/h2-4,6,9,11H,1,5,7-8H2;2-4,7-8H,5-6H2,1H3. The third-order valence-corrected chi connectivity index (χ3v) is 6.12. The van der Waals surface area contributed by atoms with E-state index in [-0.39, 0.29) is 24.1 Å². The summed E-state index contributed by atoms with van der Waals surface area (Å²) in [5.41, 5.74) is 2.17. The van der Waals surface area contributed by atoms with Crippen LogP contribution in [0.5, 0.6) is 0 Å². The van der Waals surface area contributed by atoms with Crippen molar-refractivity contribution >= 4 is 23.5 Å². The predicted octanol–water partition coefficient (Wildman–Crippen LogP) is 1.43. The van der Waals surface area contributed by atoms with Crippen LogP contribution >= 0.6 is 0 Å². The van der Waals surface area contributed by atoms with Crippen molar-refractivity contribution in [2.24, 2.45) is 0 Å². The van der Waals surface area contributed by atoms with Gasteiger partial charge in [0.2, 0.25) is 0 Å². The van der Waals surface area contributed by atoms with Crippen LogP contribution in [0.25, 0.3) is 11.4 Å². The van der Waals surface area contributed by atoms with E-state index >= 15 is 0 Å². The highest BCUT2D eigenvalue weighted by Gasteiger charge is 2.41. The zero-order chi connectivity index (χ0) is 22.9. The maximum absolute atomic E-state index is 12.0. The van der Waals surface area contributed by atoms with Gasteiger partial charge in [0.1, 0.15) is 0 Å². The number of carbonyl (C=O) groups is 2. The minimum Gasteiger partial charge on any atom is -0.319 e. The maximum Gasteiger partial charge on any atom is 0.345 e. The highest BCUT2D eigenvalue weighted by atomic mass is 16.7. The molecule has 0 aliphatic carbocycles. The first kappa shape index (κ1) is 21.0. The number of aromatic nitrogens is 4. The van der Waals surface area contributed by atoms with Gasteiger partial charge in [0, 0.05) is 56.3 Å². The minimum absolute atomic E-state index is 0.0383. The molecule has 11 nitrogen and oxygen atoms in total. The van der Waals surface area contributed by atoms with Crippen LogP contribution in [0.15, 0.2) is 62.2 Å². The Morgan fingerprint density at radius 3 is 2.09 bits per heavy atom. The third-order valence-electron chi connectivity index (χ3n) is 6.12.